The normalized spacial score (nSPS) is 11.7. The van der Waals surface area contributed by atoms with Gasteiger partial charge in [-0.2, -0.15) is 4.98 Å². The van der Waals surface area contributed by atoms with Gasteiger partial charge in [-0.25, -0.2) is 13.2 Å². The number of ether oxygens (including phenoxy) is 1. The zero-order valence-corrected chi connectivity index (χ0v) is 12.3. The molecule has 0 saturated heterocycles. The van der Waals surface area contributed by atoms with E-state index in [0.717, 1.165) is 6.26 Å². The highest BCUT2D eigenvalue weighted by molar-refractivity contribution is 7.90. The molecule has 0 atom stereocenters. The maximum atomic E-state index is 12.0. The molecule has 0 saturated carbocycles. The smallest absolute Gasteiger partial charge is 0.337 e. The zero-order valence-electron chi connectivity index (χ0n) is 11.5. The summed E-state index contributed by atoms with van der Waals surface area (Å²) in [4.78, 5) is 29.7. The van der Waals surface area contributed by atoms with Crippen molar-refractivity contribution in [2.75, 3.05) is 18.6 Å². The van der Waals surface area contributed by atoms with Crippen molar-refractivity contribution in [1.82, 2.24) is 9.97 Å². The fraction of sp³-hybridized carbons (Fsp3) is 0.417. The van der Waals surface area contributed by atoms with E-state index in [-0.39, 0.29) is 29.5 Å². The molecule has 21 heavy (non-hydrogen) atoms. The lowest BCUT2D eigenvalue weighted by Gasteiger charge is -2.05. The Labute approximate surface area is 119 Å². The van der Waals surface area contributed by atoms with Crippen LogP contribution in [0.4, 0.5) is 0 Å². The third-order valence-electron chi connectivity index (χ3n) is 2.75. The van der Waals surface area contributed by atoms with Crippen molar-refractivity contribution >= 4 is 20.9 Å². The summed E-state index contributed by atoms with van der Waals surface area (Å²) in [5.74, 6) is -0.215. The molecule has 0 aliphatic heterocycles. The number of hydrogen-bond acceptors (Lipinski definition) is 7. The van der Waals surface area contributed by atoms with Crippen molar-refractivity contribution in [2.24, 2.45) is 0 Å². The van der Waals surface area contributed by atoms with Gasteiger partial charge in [0.25, 0.3) is 11.6 Å². The Morgan fingerprint density at radius 1 is 1.38 bits per heavy atom. The molecule has 0 unspecified atom stereocenters. The lowest BCUT2D eigenvalue weighted by molar-refractivity contribution is 0.312. The molecule has 0 spiro atoms. The molecule has 1 N–H and O–H groups in total. The van der Waals surface area contributed by atoms with Gasteiger partial charge in [0, 0.05) is 12.3 Å². The van der Waals surface area contributed by atoms with Gasteiger partial charge in [-0.05, 0) is 12.0 Å². The van der Waals surface area contributed by atoms with E-state index in [2.05, 4.69) is 9.97 Å². The first kappa shape index (κ1) is 15.2. The Balaban J connectivity index is 2.41. The average molecular weight is 314 g/mol. The summed E-state index contributed by atoms with van der Waals surface area (Å²) in [7, 11) is -3.18. The van der Waals surface area contributed by atoms with Crippen LogP contribution in [-0.2, 0) is 16.3 Å². The van der Waals surface area contributed by atoms with Crippen LogP contribution in [0.5, 0.6) is 6.01 Å². The van der Waals surface area contributed by atoms with E-state index < -0.39 is 21.0 Å². The van der Waals surface area contributed by atoms with Crippen molar-refractivity contribution in [3.05, 3.63) is 32.4 Å². The van der Waals surface area contributed by atoms with E-state index >= 15 is 0 Å². The monoisotopic (exact) mass is 314 g/mol. The molecule has 2 heterocycles. The van der Waals surface area contributed by atoms with Gasteiger partial charge in [0.05, 0.1) is 5.75 Å². The Morgan fingerprint density at radius 2 is 2.10 bits per heavy atom. The minimum atomic E-state index is -3.18. The number of nitrogens with zero attached hydrogens (tertiary/aromatic N) is 1. The molecule has 0 bridgehead atoms. The third kappa shape index (κ3) is 3.69. The van der Waals surface area contributed by atoms with Crippen LogP contribution in [0.1, 0.15) is 12.5 Å². The number of H-pyrrole nitrogens is 1. The first-order valence-corrected chi connectivity index (χ1v) is 8.24. The van der Waals surface area contributed by atoms with Crippen molar-refractivity contribution in [3.63, 3.8) is 0 Å². The SMILES string of the molecule is CCc1cc(=O)oc2nc(OCCS(C)(=O)=O)[nH]c(=O)c12. The Morgan fingerprint density at radius 3 is 2.71 bits per heavy atom. The average Bonchev–Trinajstić information content (AvgIpc) is 2.35. The van der Waals surface area contributed by atoms with Crippen molar-refractivity contribution in [3.8, 4) is 6.01 Å². The van der Waals surface area contributed by atoms with Gasteiger partial charge < -0.3 is 9.15 Å². The highest BCUT2D eigenvalue weighted by Gasteiger charge is 2.12. The van der Waals surface area contributed by atoms with E-state index in [4.69, 9.17) is 9.15 Å². The quantitative estimate of drug-likeness (QED) is 0.815. The second-order valence-electron chi connectivity index (χ2n) is 4.47. The topological polar surface area (TPSA) is 119 Å². The molecule has 2 aromatic rings. The maximum Gasteiger partial charge on any atom is 0.337 e. The molecule has 0 aliphatic carbocycles. The molecular weight excluding hydrogens is 300 g/mol. The highest BCUT2D eigenvalue weighted by atomic mass is 32.2. The second-order valence-corrected chi connectivity index (χ2v) is 6.73. The third-order valence-corrected chi connectivity index (χ3v) is 3.66. The predicted molar refractivity (Wildman–Crippen MR) is 75.5 cm³/mol. The molecule has 2 aromatic heterocycles. The van der Waals surface area contributed by atoms with Crippen LogP contribution < -0.4 is 15.9 Å². The van der Waals surface area contributed by atoms with Gasteiger partial charge in [0.15, 0.2) is 9.84 Å². The molecule has 0 amide bonds. The number of aromatic nitrogens is 2. The summed E-state index contributed by atoms with van der Waals surface area (Å²) in [5, 5.41) is 0.188. The van der Waals surface area contributed by atoms with Gasteiger partial charge in [0.1, 0.15) is 12.0 Å². The maximum absolute atomic E-state index is 12.0. The van der Waals surface area contributed by atoms with Crippen LogP contribution in [0, 0.1) is 0 Å². The molecule has 0 radical (unpaired) electrons. The van der Waals surface area contributed by atoms with Crippen LogP contribution in [0.15, 0.2) is 20.1 Å². The van der Waals surface area contributed by atoms with Crippen molar-refractivity contribution in [2.45, 2.75) is 13.3 Å². The summed E-state index contributed by atoms with van der Waals surface area (Å²) >= 11 is 0. The number of nitrogens with one attached hydrogen (secondary N) is 1. The van der Waals surface area contributed by atoms with Crippen LogP contribution in [0.25, 0.3) is 11.1 Å². The Hall–Kier alpha value is -2.16. The van der Waals surface area contributed by atoms with E-state index in [1.54, 1.807) is 6.92 Å². The number of hydrogen-bond donors (Lipinski definition) is 1. The van der Waals surface area contributed by atoms with Crippen molar-refractivity contribution < 1.29 is 17.6 Å². The van der Waals surface area contributed by atoms with Crippen LogP contribution in [0.2, 0.25) is 0 Å². The minimum Gasteiger partial charge on any atom is -0.464 e. The molecule has 9 heteroatoms. The Kier molecular flexibility index (Phi) is 4.12. The number of aryl methyl sites for hydroxylation is 1. The summed E-state index contributed by atoms with van der Waals surface area (Å²) in [5.41, 5.74) is -0.718. The van der Waals surface area contributed by atoms with Gasteiger partial charge in [-0.15, -0.1) is 0 Å². The molecule has 114 valence electrons. The summed E-state index contributed by atoms with van der Waals surface area (Å²) < 4.78 is 32.0. The number of aromatic amines is 1. The fourth-order valence-corrected chi connectivity index (χ4v) is 2.15. The first-order chi connectivity index (χ1) is 9.80. The summed E-state index contributed by atoms with van der Waals surface area (Å²) in [6.45, 7) is 1.63. The summed E-state index contributed by atoms with van der Waals surface area (Å²) in [6.07, 6.45) is 1.54. The van der Waals surface area contributed by atoms with Crippen LogP contribution >= 0.6 is 0 Å². The van der Waals surface area contributed by atoms with Crippen LogP contribution in [-0.4, -0.2) is 37.0 Å². The minimum absolute atomic E-state index is 0.127. The first-order valence-electron chi connectivity index (χ1n) is 6.17. The lowest BCUT2D eigenvalue weighted by Crippen LogP contribution is -2.18. The highest BCUT2D eigenvalue weighted by Crippen LogP contribution is 2.13. The van der Waals surface area contributed by atoms with Crippen molar-refractivity contribution in [1.29, 1.82) is 0 Å². The second kappa shape index (κ2) is 5.68. The van der Waals surface area contributed by atoms with E-state index in [1.165, 1.54) is 6.07 Å². The fourth-order valence-electron chi connectivity index (χ4n) is 1.77. The van der Waals surface area contributed by atoms with E-state index in [9.17, 15) is 18.0 Å². The van der Waals surface area contributed by atoms with E-state index in [1.807, 2.05) is 0 Å². The molecule has 8 nitrogen and oxygen atoms in total. The standard InChI is InChI=1S/C12H14N2O6S/c1-3-7-6-8(15)20-11-9(7)10(16)13-12(14-11)19-4-5-21(2,17)18/h6H,3-5H2,1-2H3,(H,13,14,16). The summed E-state index contributed by atoms with van der Waals surface area (Å²) in [6, 6.07) is 1.05. The molecular formula is C12H14N2O6S. The van der Waals surface area contributed by atoms with E-state index in [0.29, 0.717) is 12.0 Å². The molecule has 0 fully saturated rings. The molecule has 2 rings (SSSR count). The molecule has 0 aliphatic rings. The van der Waals surface area contributed by atoms with Gasteiger partial charge in [-0.3, -0.25) is 9.78 Å². The number of fused-ring (bicyclic) bond motifs is 1. The number of rotatable bonds is 5. The van der Waals surface area contributed by atoms with Gasteiger partial charge >= 0.3 is 5.63 Å². The predicted octanol–water partition coefficient (Wildman–Crippen LogP) is -0.138. The Bertz CT molecular complexity index is 881. The van der Waals surface area contributed by atoms with Crippen LogP contribution in [0.3, 0.4) is 0 Å². The molecule has 0 aromatic carbocycles. The zero-order chi connectivity index (χ0) is 15.6. The largest absolute Gasteiger partial charge is 0.464 e. The number of sulfone groups is 1. The van der Waals surface area contributed by atoms with Gasteiger partial charge in [0.2, 0.25) is 5.71 Å². The van der Waals surface area contributed by atoms with Gasteiger partial charge in [-0.1, -0.05) is 6.92 Å². The lowest BCUT2D eigenvalue weighted by atomic mass is 10.1.